The van der Waals surface area contributed by atoms with E-state index >= 15 is 0 Å². The molecule has 1 aliphatic heterocycles. The first-order valence-corrected chi connectivity index (χ1v) is 4.63. The largest absolute Gasteiger partial charge is 0.460 e. The Kier molecular flexibility index (Phi) is 3.27. The topological polar surface area (TPSA) is 72.6 Å². The van der Waals surface area contributed by atoms with Gasteiger partial charge in [0.2, 0.25) is 0 Å². The fourth-order valence-corrected chi connectivity index (χ4v) is 1.56. The van der Waals surface area contributed by atoms with Gasteiger partial charge in [0.15, 0.2) is 0 Å². The minimum absolute atomic E-state index is 0.0531. The minimum Gasteiger partial charge on any atom is -0.460 e. The van der Waals surface area contributed by atoms with Crippen molar-refractivity contribution in [3.63, 3.8) is 0 Å². The Bertz CT molecular complexity index is 193. The molecule has 0 aromatic carbocycles. The molecule has 1 rings (SSSR count). The normalized spacial score (nSPS) is 30.7. The van der Waals surface area contributed by atoms with Crippen LogP contribution >= 0.6 is 0 Å². The van der Waals surface area contributed by atoms with Crippen LogP contribution in [0.2, 0.25) is 0 Å². The van der Waals surface area contributed by atoms with Crippen LogP contribution in [0.3, 0.4) is 0 Å². The summed E-state index contributed by atoms with van der Waals surface area (Å²) in [5.41, 5.74) is 5.58. The van der Waals surface area contributed by atoms with E-state index in [9.17, 15) is 4.79 Å². The van der Waals surface area contributed by atoms with Gasteiger partial charge in [-0.05, 0) is 12.3 Å². The van der Waals surface area contributed by atoms with Gasteiger partial charge >= 0.3 is 5.97 Å². The number of ether oxygens (including phenoxy) is 1. The van der Waals surface area contributed by atoms with Gasteiger partial charge in [-0.25, -0.2) is 0 Å². The fraction of sp³-hybridized carbons (Fsp3) is 0.889. The second-order valence-corrected chi connectivity index (χ2v) is 3.91. The van der Waals surface area contributed by atoms with E-state index < -0.39 is 6.04 Å². The van der Waals surface area contributed by atoms with E-state index in [1.807, 2.05) is 13.8 Å². The summed E-state index contributed by atoms with van der Waals surface area (Å²) in [6.07, 6.45) is 0.336. The van der Waals surface area contributed by atoms with Crippen LogP contribution < -0.4 is 5.73 Å². The van der Waals surface area contributed by atoms with Crippen LogP contribution in [0.4, 0.5) is 0 Å². The number of aliphatic hydroxyl groups excluding tert-OH is 1. The van der Waals surface area contributed by atoms with E-state index in [2.05, 4.69) is 0 Å². The van der Waals surface area contributed by atoms with E-state index in [-0.39, 0.29) is 30.5 Å². The molecule has 3 atom stereocenters. The Morgan fingerprint density at radius 2 is 2.31 bits per heavy atom. The lowest BCUT2D eigenvalue weighted by atomic mass is 9.91. The van der Waals surface area contributed by atoms with E-state index in [0.29, 0.717) is 6.42 Å². The standard InChI is InChI=1S/C9H17NO3/c1-5(2)6-3-8(7(10)4-11)13-9(6)12/h5-8,11H,3-4,10H2,1-2H3/t6-,7-,8-/m0/s1. The molecule has 0 bridgehead atoms. The van der Waals surface area contributed by atoms with Crippen molar-refractivity contribution in [3.05, 3.63) is 0 Å². The molecule has 1 heterocycles. The number of rotatable bonds is 3. The zero-order valence-corrected chi connectivity index (χ0v) is 8.06. The zero-order valence-electron chi connectivity index (χ0n) is 8.06. The lowest BCUT2D eigenvalue weighted by molar-refractivity contribution is -0.146. The van der Waals surface area contributed by atoms with Gasteiger partial charge in [0.25, 0.3) is 0 Å². The molecule has 4 heteroatoms. The number of hydrogen-bond acceptors (Lipinski definition) is 4. The first kappa shape index (κ1) is 10.5. The van der Waals surface area contributed by atoms with Gasteiger partial charge in [0, 0.05) is 0 Å². The van der Waals surface area contributed by atoms with Crippen LogP contribution in [-0.4, -0.2) is 29.8 Å². The third-order valence-corrected chi connectivity index (χ3v) is 2.55. The van der Waals surface area contributed by atoms with Gasteiger partial charge in [-0.2, -0.15) is 0 Å². The summed E-state index contributed by atoms with van der Waals surface area (Å²) >= 11 is 0. The molecule has 0 spiro atoms. The Morgan fingerprint density at radius 1 is 1.69 bits per heavy atom. The lowest BCUT2D eigenvalue weighted by Gasteiger charge is -2.15. The lowest BCUT2D eigenvalue weighted by Crippen LogP contribution is -2.37. The highest BCUT2D eigenvalue weighted by Crippen LogP contribution is 2.28. The van der Waals surface area contributed by atoms with Gasteiger partial charge < -0.3 is 15.6 Å². The molecule has 0 aromatic heterocycles. The number of carbonyl (C=O) groups excluding carboxylic acids is 1. The van der Waals surface area contributed by atoms with Gasteiger partial charge in [0.1, 0.15) is 6.10 Å². The van der Waals surface area contributed by atoms with E-state index in [0.717, 1.165) is 0 Å². The van der Waals surface area contributed by atoms with E-state index in [4.69, 9.17) is 15.6 Å². The van der Waals surface area contributed by atoms with Crippen molar-refractivity contribution in [1.29, 1.82) is 0 Å². The maximum absolute atomic E-state index is 11.3. The van der Waals surface area contributed by atoms with Gasteiger partial charge in [-0.15, -0.1) is 0 Å². The summed E-state index contributed by atoms with van der Waals surface area (Å²) in [7, 11) is 0. The molecule has 0 unspecified atom stereocenters. The molecule has 0 aromatic rings. The molecule has 1 aliphatic rings. The van der Waals surface area contributed by atoms with Crippen LogP contribution in [-0.2, 0) is 9.53 Å². The number of carbonyl (C=O) groups is 1. The number of cyclic esters (lactones) is 1. The monoisotopic (exact) mass is 187 g/mol. The van der Waals surface area contributed by atoms with Crippen molar-refractivity contribution in [2.75, 3.05) is 6.61 Å². The minimum atomic E-state index is -0.437. The maximum Gasteiger partial charge on any atom is 0.309 e. The second kappa shape index (κ2) is 4.07. The molecule has 1 fully saturated rings. The summed E-state index contributed by atoms with van der Waals surface area (Å²) in [6.45, 7) is 3.83. The predicted molar refractivity (Wildman–Crippen MR) is 47.9 cm³/mol. The Hall–Kier alpha value is -0.610. The Labute approximate surface area is 78.1 Å². The summed E-state index contributed by atoms with van der Waals surface area (Å²) < 4.78 is 5.06. The maximum atomic E-state index is 11.3. The van der Waals surface area contributed by atoms with Gasteiger partial charge in [-0.1, -0.05) is 13.8 Å². The molecule has 3 N–H and O–H groups in total. The molecule has 13 heavy (non-hydrogen) atoms. The first-order chi connectivity index (χ1) is 6.06. The highest BCUT2D eigenvalue weighted by atomic mass is 16.6. The molecule has 4 nitrogen and oxygen atoms in total. The third kappa shape index (κ3) is 2.19. The molecule has 0 amide bonds. The van der Waals surface area contributed by atoms with Crippen molar-refractivity contribution in [2.24, 2.45) is 17.6 Å². The van der Waals surface area contributed by atoms with Crippen molar-refractivity contribution in [1.82, 2.24) is 0 Å². The second-order valence-electron chi connectivity index (χ2n) is 3.91. The molecular weight excluding hydrogens is 170 g/mol. The van der Waals surface area contributed by atoms with E-state index in [1.54, 1.807) is 0 Å². The zero-order chi connectivity index (χ0) is 10.0. The van der Waals surface area contributed by atoms with Crippen LogP contribution in [0.1, 0.15) is 20.3 Å². The highest BCUT2D eigenvalue weighted by Gasteiger charge is 2.38. The number of aliphatic hydroxyl groups is 1. The van der Waals surface area contributed by atoms with Crippen LogP contribution in [0.5, 0.6) is 0 Å². The molecule has 76 valence electrons. The highest BCUT2D eigenvalue weighted by molar-refractivity contribution is 5.75. The van der Waals surface area contributed by atoms with Crippen LogP contribution in [0.25, 0.3) is 0 Å². The SMILES string of the molecule is CC(C)[C@@H]1C[C@@H]([C@@H](N)CO)OC1=O. The molecular formula is C9H17NO3. The smallest absolute Gasteiger partial charge is 0.309 e. The molecule has 1 saturated heterocycles. The summed E-state index contributed by atoms with van der Waals surface area (Å²) in [4.78, 5) is 11.3. The molecule has 0 radical (unpaired) electrons. The van der Waals surface area contributed by atoms with Crippen LogP contribution in [0, 0.1) is 11.8 Å². The number of nitrogens with two attached hydrogens (primary N) is 1. The molecule has 0 aliphatic carbocycles. The van der Waals surface area contributed by atoms with Crippen molar-refractivity contribution < 1.29 is 14.6 Å². The quantitative estimate of drug-likeness (QED) is 0.605. The average molecular weight is 187 g/mol. The summed E-state index contributed by atoms with van der Waals surface area (Å²) in [6, 6.07) is -0.437. The van der Waals surface area contributed by atoms with Gasteiger partial charge in [-0.3, -0.25) is 4.79 Å². The third-order valence-electron chi connectivity index (χ3n) is 2.55. The van der Waals surface area contributed by atoms with Crippen molar-refractivity contribution >= 4 is 5.97 Å². The first-order valence-electron chi connectivity index (χ1n) is 4.63. The van der Waals surface area contributed by atoms with Crippen molar-refractivity contribution in [3.8, 4) is 0 Å². The Morgan fingerprint density at radius 3 is 2.69 bits per heavy atom. The number of esters is 1. The molecule has 0 saturated carbocycles. The predicted octanol–water partition coefficient (Wildman–Crippen LogP) is -0.106. The van der Waals surface area contributed by atoms with Crippen molar-refractivity contribution in [2.45, 2.75) is 32.4 Å². The van der Waals surface area contributed by atoms with Gasteiger partial charge in [0.05, 0.1) is 18.6 Å². The number of hydrogen-bond donors (Lipinski definition) is 2. The van der Waals surface area contributed by atoms with E-state index in [1.165, 1.54) is 0 Å². The summed E-state index contributed by atoms with van der Waals surface area (Å²) in [5.74, 6) is 0.0508. The average Bonchev–Trinajstić information content (AvgIpc) is 2.46. The summed E-state index contributed by atoms with van der Waals surface area (Å²) in [5, 5.41) is 8.79. The fourth-order valence-electron chi connectivity index (χ4n) is 1.56. The van der Waals surface area contributed by atoms with Crippen LogP contribution in [0.15, 0.2) is 0 Å². The Balaban J connectivity index is 2.55.